The van der Waals surface area contributed by atoms with E-state index in [1.807, 2.05) is 4.72 Å². The van der Waals surface area contributed by atoms with Crippen LogP contribution < -0.4 is 4.72 Å². The molecule has 0 aromatic carbocycles. The molecule has 1 rings (SSSR count). The van der Waals surface area contributed by atoms with E-state index in [0.29, 0.717) is 0 Å². The van der Waals surface area contributed by atoms with Gasteiger partial charge in [-0.15, -0.1) is 0 Å². The van der Waals surface area contributed by atoms with E-state index in [4.69, 9.17) is 5.11 Å². The third kappa shape index (κ3) is 3.57. The second-order valence-electron chi connectivity index (χ2n) is 3.18. The summed E-state index contributed by atoms with van der Waals surface area (Å²) in [5.41, 5.74) is -0.258. The molecule has 1 aromatic heterocycles. The lowest BCUT2D eigenvalue weighted by Gasteiger charge is -2.04. The molecular formula is C9H12N2O6S. The molecule has 18 heavy (non-hydrogen) atoms. The number of aromatic amines is 1. The molecule has 100 valence electrons. The van der Waals surface area contributed by atoms with E-state index in [0.717, 1.165) is 12.3 Å². The fourth-order valence-electron chi connectivity index (χ4n) is 1.10. The summed E-state index contributed by atoms with van der Waals surface area (Å²) in [5, 5.41) is 8.63. The Hall–Kier alpha value is -1.87. The van der Waals surface area contributed by atoms with E-state index in [-0.39, 0.29) is 17.2 Å². The van der Waals surface area contributed by atoms with Crippen LogP contribution in [0.2, 0.25) is 0 Å². The Morgan fingerprint density at radius 1 is 1.50 bits per heavy atom. The lowest BCUT2D eigenvalue weighted by molar-refractivity contribution is -0.141. The molecule has 0 saturated heterocycles. The van der Waals surface area contributed by atoms with Crippen molar-refractivity contribution in [2.75, 3.05) is 13.2 Å². The van der Waals surface area contributed by atoms with Crippen LogP contribution in [0, 0.1) is 0 Å². The predicted molar refractivity (Wildman–Crippen MR) is 59.6 cm³/mol. The van der Waals surface area contributed by atoms with Crippen LogP contribution in [-0.4, -0.2) is 43.6 Å². The number of carboxylic acid groups (broad SMARTS) is 1. The molecule has 0 aliphatic rings. The highest BCUT2D eigenvalue weighted by Gasteiger charge is 2.19. The minimum atomic E-state index is -3.93. The summed E-state index contributed by atoms with van der Waals surface area (Å²) in [7, 11) is -3.93. The van der Waals surface area contributed by atoms with Gasteiger partial charge in [-0.1, -0.05) is 0 Å². The maximum Gasteiger partial charge on any atom is 0.352 e. The van der Waals surface area contributed by atoms with Gasteiger partial charge in [-0.2, -0.15) is 4.72 Å². The van der Waals surface area contributed by atoms with E-state index in [1.165, 1.54) is 0 Å². The first-order valence-electron chi connectivity index (χ1n) is 4.94. The Morgan fingerprint density at radius 2 is 2.17 bits per heavy atom. The summed E-state index contributed by atoms with van der Waals surface area (Å²) in [6.07, 6.45) is 1.02. The van der Waals surface area contributed by atoms with Crippen molar-refractivity contribution in [2.45, 2.75) is 11.8 Å². The molecule has 0 unspecified atom stereocenters. The Labute approximate surface area is 103 Å². The normalized spacial score (nSPS) is 11.2. The van der Waals surface area contributed by atoms with Gasteiger partial charge in [0.25, 0.3) is 0 Å². The van der Waals surface area contributed by atoms with Gasteiger partial charge < -0.3 is 14.8 Å². The molecule has 0 amide bonds. The van der Waals surface area contributed by atoms with Gasteiger partial charge in [-0.25, -0.2) is 13.2 Å². The Morgan fingerprint density at radius 3 is 2.67 bits per heavy atom. The van der Waals surface area contributed by atoms with E-state index >= 15 is 0 Å². The summed E-state index contributed by atoms with van der Waals surface area (Å²) in [4.78, 5) is 23.6. The monoisotopic (exact) mass is 276 g/mol. The number of hydrogen-bond donors (Lipinski definition) is 3. The van der Waals surface area contributed by atoms with Crippen LogP contribution in [0.1, 0.15) is 17.4 Å². The van der Waals surface area contributed by atoms with Crippen LogP contribution in [0.4, 0.5) is 0 Å². The fourth-order valence-corrected chi connectivity index (χ4v) is 2.06. The highest BCUT2D eigenvalue weighted by molar-refractivity contribution is 7.89. The van der Waals surface area contributed by atoms with Gasteiger partial charge in [0.1, 0.15) is 17.1 Å². The molecule has 0 fully saturated rings. The summed E-state index contributed by atoms with van der Waals surface area (Å²) in [6.45, 7) is 1.23. The zero-order valence-electron chi connectivity index (χ0n) is 9.47. The predicted octanol–water partition coefficient (Wildman–Crippen LogP) is -0.446. The standard InChI is InChI=1S/C9H12N2O6S/c1-2-17-8(12)5-11-18(15,16)6-3-7(9(13)14)10-4-6/h3-4,10-11H,2,5H2,1H3,(H,13,14). The average Bonchev–Trinajstić information content (AvgIpc) is 2.77. The van der Waals surface area contributed by atoms with Crippen LogP contribution in [0.25, 0.3) is 0 Å². The zero-order chi connectivity index (χ0) is 13.8. The first-order valence-corrected chi connectivity index (χ1v) is 6.42. The van der Waals surface area contributed by atoms with Crippen LogP contribution in [0.3, 0.4) is 0 Å². The van der Waals surface area contributed by atoms with Crippen molar-refractivity contribution in [1.29, 1.82) is 0 Å². The number of H-pyrrole nitrogens is 1. The number of carbonyl (C=O) groups excluding carboxylic acids is 1. The summed E-state index contributed by atoms with van der Waals surface area (Å²) in [5.74, 6) is -1.99. The van der Waals surface area contributed by atoms with Crippen molar-refractivity contribution < 1.29 is 27.9 Å². The number of ether oxygens (including phenoxy) is 1. The SMILES string of the molecule is CCOC(=O)CNS(=O)(=O)c1c[nH]c(C(=O)O)c1. The molecule has 3 N–H and O–H groups in total. The second kappa shape index (κ2) is 5.65. The minimum absolute atomic E-state index is 0.147. The molecule has 0 aliphatic heterocycles. The molecule has 0 radical (unpaired) electrons. The average molecular weight is 276 g/mol. The Bertz CT molecular complexity index is 547. The quantitative estimate of drug-likeness (QED) is 0.604. The lowest BCUT2D eigenvalue weighted by Crippen LogP contribution is -2.30. The maximum atomic E-state index is 11.6. The van der Waals surface area contributed by atoms with Gasteiger partial charge in [0.2, 0.25) is 10.0 Å². The minimum Gasteiger partial charge on any atom is -0.477 e. The smallest absolute Gasteiger partial charge is 0.352 e. The van der Waals surface area contributed by atoms with Crippen molar-refractivity contribution >= 4 is 22.0 Å². The molecule has 1 aromatic rings. The number of aromatic carboxylic acids is 1. The highest BCUT2D eigenvalue weighted by Crippen LogP contribution is 2.10. The number of hydrogen-bond acceptors (Lipinski definition) is 5. The number of aromatic nitrogens is 1. The number of nitrogens with one attached hydrogen (secondary N) is 2. The number of carbonyl (C=O) groups is 2. The van der Waals surface area contributed by atoms with Crippen molar-refractivity contribution in [1.82, 2.24) is 9.71 Å². The van der Waals surface area contributed by atoms with Crippen molar-refractivity contribution in [2.24, 2.45) is 0 Å². The molecule has 1 heterocycles. The van der Waals surface area contributed by atoms with E-state index < -0.39 is 28.5 Å². The first kappa shape index (κ1) is 14.2. The van der Waals surface area contributed by atoms with Crippen LogP contribution in [-0.2, 0) is 19.6 Å². The third-order valence-corrected chi connectivity index (χ3v) is 3.29. The Balaban J connectivity index is 2.74. The van der Waals surface area contributed by atoms with Gasteiger partial charge >= 0.3 is 11.9 Å². The highest BCUT2D eigenvalue weighted by atomic mass is 32.2. The van der Waals surface area contributed by atoms with Gasteiger partial charge in [0.05, 0.1) is 6.61 Å². The van der Waals surface area contributed by atoms with Crippen molar-refractivity contribution in [3.05, 3.63) is 18.0 Å². The van der Waals surface area contributed by atoms with Crippen LogP contribution in [0.5, 0.6) is 0 Å². The summed E-state index contributed by atoms with van der Waals surface area (Å²) >= 11 is 0. The van der Waals surface area contributed by atoms with E-state index in [2.05, 4.69) is 9.72 Å². The number of esters is 1. The number of rotatable bonds is 6. The summed E-state index contributed by atoms with van der Waals surface area (Å²) in [6, 6.07) is 0.954. The largest absolute Gasteiger partial charge is 0.477 e. The molecule has 0 bridgehead atoms. The fraction of sp³-hybridized carbons (Fsp3) is 0.333. The van der Waals surface area contributed by atoms with E-state index in [1.54, 1.807) is 6.92 Å². The zero-order valence-corrected chi connectivity index (χ0v) is 10.3. The van der Waals surface area contributed by atoms with Gasteiger partial charge in [-0.05, 0) is 13.0 Å². The number of sulfonamides is 1. The van der Waals surface area contributed by atoms with Crippen molar-refractivity contribution in [3.63, 3.8) is 0 Å². The maximum absolute atomic E-state index is 11.6. The first-order chi connectivity index (χ1) is 8.36. The molecule has 9 heteroatoms. The third-order valence-electron chi connectivity index (χ3n) is 1.91. The van der Waals surface area contributed by atoms with Gasteiger partial charge in [-0.3, -0.25) is 4.79 Å². The Kier molecular flexibility index (Phi) is 4.45. The molecule has 0 spiro atoms. The molecule has 0 atom stereocenters. The molecule has 8 nitrogen and oxygen atoms in total. The van der Waals surface area contributed by atoms with Gasteiger partial charge in [0, 0.05) is 6.20 Å². The van der Waals surface area contributed by atoms with Crippen molar-refractivity contribution in [3.8, 4) is 0 Å². The van der Waals surface area contributed by atoms with E-state index in [9.17, 15) is 18.0 Å². The second-order valence-corrected chi connectivity index (χ2v) is 4.95. The molecule has 0 saturated carbocycles. The lowest BCUT2D eigenvalue weighted by atomic mass is 10.4. The summed E-state index contributed by atoms with van der Waals surface area (Å²) < 4.78 is 29.8. The molecular weight excluding hydrogens is 264 g/mol. The topological polar surface area (TPSA) is 126 Å². The van der Waals surface area contributed by atoms with Gasteiger partial charge in [0.15, 0.2) is 0 Å². The molecule has 0 aliphatic carbocycles. The number of carboxylic acids is 1. The van der Waals surface area contributed by atoms with Crippen LogP contribution in [0.15, 0.2) is 17.2 Å². The van der Waals surface area contributed by atoms with Crippen LogP contribution >= 0.6 is 0 Å².